The Morgan fingerprint density at radius 3 is 2.21 bits per heavy atom. The number of hydrogen-bond donors (Lipinski definition) is 1. The first kappa shape index (κ1) is 10.6. The molecule has 3 nitrogen and oxygen atoms in total. The van der Waals surface area contributed by atoms with Crippen molar-refractivity contribution in [3.63, 3.8) is 0 Å². The summed E-state index contributed by atoms with van der Waals surface area (Å²) in [7, 11) is 1.62. The highest BCUT2D eigenvalue weighted by Gasteiger charge is 2.07. The van der Waals surface area contributed by atoms with Gasteiger partial charge in [0.1, 0.15) is 5.75 Å². The van der Waals surface area contributed by atoms with E-state index in [9.17, 15) is 4.79 Å². The van der Waals surface area contributed by atoms with Crippen molar-refractivity contribution in [3.8, 4) is 5.75 Å². The molecule has 0 aromatic heterocycles. The van der Waals surface area contributed by atoms with E-state index in [1.165, 1.54) is 0 Å². The van der Waals surface area contributed by atoms with Crippen LogP contribution in [0.25, 0.3) is 0 Å². The molecule has 0 aliphatic heterocycles. The summed E-state index contributed by atoms with van der Waals surface area (Å²) >= 11 is 0. The van der Waals surface area contributed by atoms with E-state index in [4.69, 9.17) is 9.84 Å². The second-order valence-electron chi connectivity index (χ2n) is 3.33. The normalized spacial score (nSPS) is 9.93. The Hall–Kier alpha value is -1.51. The Bertz CT molecular complexity index is 333. The van der Waals surface area contributed by atoms with Gasteiger partial charge in [-0.2, -0.15) is 0 Å². The lowest BCUT2D eigenvalue weighted by molar-refractivity contribution is -0.136. The Morgan fingerprint density at radius 1 is 1.36 bits per heavy atom. The molecular formula is C11H14O3. The lowest BCUT2D eigenvalue weighted by Crippen LogP contribution is -2.01. The molecule has 0 heterocycles. The van der Waals surface area contributed by atoms with Crippen LogP contribution < -0.4 is 4.74 Å². The number of ether oxygens (including phenoxy) is 1. The molecule has 0 unspecified atom stereocenters. The van der Waals surface area contributed by atoms with Crippen molar-refractivity contribution in [1.82, 2.24) is 0 Å². The first-order valence-corrected chi connectivity index (χ1v) is 4.40. The molecule has 1 rings (SSSR count). The summed E-state index contributed by atoms with van der Waals surface area (Å²) in [5, 5.41) is 8.64. The number of hydrogen-bond acceptors (Lipinski definition) is 2. The number of carboxylic acids is 1. The lowest BCUT2D eigenvalue weighted by Gasteiger charge is -2.10. The fourth-order valence-electron chi connectivity index (χ4n) is 1.64. The number of methoxy groups -OCH3 is 1. The van der Waals surface area contributed by atoms with Crippen molar-refractivity contribution in [2.24, 2.45) is 0 Å². The van der Waals surface area contributed by atoms with Crippen molar-refractivity contribution in [2.75, 3.05) is 7.11 Å². The van der Waals surface area contributed by atoms with E-state index in [0.717, 1.165) is 22.4 Å². The van der Waals surface area contributed by atoms with Crippen LogP contribution in [0.1, 0.15) is 16.7 Å². The molecule has 0 amide bonds. The van der Waals surface area contributed by atoms with Crippen LogP contribution in [0, 0.1) is 13.8 Å². The topological polar surface area (TPSA) is 46.5 Å². The molecule has 0 aliphatic carbocycles. The predicted octanol–water partition coefficient (Wildman–Crippen LogP) is 1.94. The standard InChI is InChI=1S/C11H14O3/c1-7-4-9(6-10(12)13)5-8(2)11(7)14-3/h4-5H,6H2,1-3H3,(H,12,13). The van der Waals surface area contributed by atoms with Crippen LogP contribution >= 0.6 is 0 Å². The van der Waals surface area contributed by atoms with Crippen LogP contribution in [0.2, 0.25) is 0 Å². The van der Waals surface area contributed by atoms with Crippen molar-refractivity contribution < 1.29 is 14.6 Å². The Balaban J connectivity index is 3.07. The minimum absolute atomic E-state index is 0.0612. The zero-order valence-electron chi connectivity index (χ0n) is 8.63. The monoisotopic (exact) mass is 194 g/mol. The van der Waals surface area contributed by atoms with E-state index in [-0.39, 0.29) is 6.42 Å². The van der Waals surface area contributed by atoms with Crippen molar-refractivity contribution in [1.29, 1.82) is 0 Å². The third kappa shape index (κ3) is 2.25. The van der Waals surface area contributed by atoms with Crippen molar-refractivity contribution >= 4 is 5.97 Å². The van der Waals surface area contributed by atoms with Gasteiger partial charge in [-0.15, -0.1) is 0 Å². The van der Waals surface area contributed by atoms with Gasteiger partial charge in [0, 0.05) is 0 Å². The summed E-state index contributed by atoms with van der Waals surface area (Å²) < 4.78 is 5.19. The maximum atomic E-state index is 10.5. The lowest BCUT2D eigenvalue weighted by atomic mass is 10.0. The quantitative estimate of drug-likeness (QED) is 0.799. The highest BCUT2D eigenvalue weighted by Crippen LogP contribution is 2.24. The number of rotatable bonds is 3. The van der Waals surface area contributed by atoms with Crippen LogP contribution in [-0.4, -0.2) is 18.2 Å². The molecule has 1 aromatic carbocycles. The van der Waals surface area contributed by atoms with E-state index >= 15 is 0 Å². The van der Waals surface area contributed by atoms with Gasteiger partial charge in [-0.25, -0.2) is 0 Å². The van der Waals surface area contributed by atoms with Gasteiger partial charge in [-0.3, -0.25) is 4.79 Å². The average molecular weight is 194 g/mol. The van der Waals surface area contributed by atoms with Gasteiger partial charge in [0.05, 0.1) is 13.5 Å². The van der Waals surface area contributed by atoms with Gasteiger partial charge in [0.2, 0.25) is 0 Å². The van der Waals surface area contributed by atoms with Gasteiger partial charge in [0.15, 0.2) is 0 Å². The zero-order valence-corrected chi connectivity index (χ0v) is 8.63. The molecule has 0 bridgehead atoms. The van der Waals surface area contributed by atoms with Crippen molar-refractivity contribution in [3.05, 3.63) is 28.8 Å². The van der Waals surface area contributed by atoms with E-state index in [1.54, 1.807) is 7.11 Å². The van der Waals surface area contributed by atoms with E-state index in [0.29, 0.717) is 0 Å². The molecule has 3 heteroatoms. The number of aryl methyl sites for hydroxylation is 2. The molecule has 0 saturated carbocycles. The van der Waals surface area contributed by atoms with E-state index < -0.39 is 5.97 Å². The molecule has 0 fully saturated rings. The second-order valence-corrected chi connectivity index (χ2v) is 3.33. The number of aliphatic carboxylic acids is 1. The van der Waals surface area contributed by atoms with Gasteiger partial charge in [0.25, 0.3) is 0 Å². The van der Waals surface area contributed by atoms with Gasteiger partial charge in [-0.1, -0.05) is 12.1 Å². The molecule has 0 spiro atoms. The summed E-state index contributed by atoms with van der Waals surface area (Å²) in [5.74, 6) is 0.0214. The van der Waals surface area contributed by atoms with Crippen LogP contribution in [0.4, 0.5) is 0 Å². The van der Waals surface area contributed by atoms with E-state index in [1.807, 2.05) is 26.0 Å². The van der Waals surface area contributed by atoms with Crippen molar-refractivity contribution in [2.45, 2.75) is 20.3 Å². The molecule has 14 heavy (non-hydrogen) atoms. The largest absolute Gasteiger partial charge is 0.496 e. The van der Waals surface area contributed by atoms with Crippen LogP contribution in [0.15, 0.2) is 12.1 Å². The molecule has 0 saturated heterocycles. The predicted molar refractivity (Wildman–Crippen MR) is 53.8 cm³/mol. The van der Waals surface area contributed by atoms with Crippen LogP contribution in [0.3, 0.4) is 0 Å². The minimum Gasteiger partial charge on any atom is -0.496 e. The smallest absolute Gasteiger partial charge is 0.307 e. The Labute approximate surface area is 83.3 Å². The number of carbonyl (C=O) groups is 1. The summed E-state index contributed by atoms with van der Waals surface area (Å²) in [4.78, 5) is 10.5. The minimum atomic E-state index is -0.811. The van der Waals surface area contributed by atoms with Crippen LogP contribution in [0.5, 0.6) is 5.75 Å². The highest BCUT2D eigenvalue weighted by atomic mass is 16.5. The molecule has 0 atom stereocenters. The SMILES string of the molecule is COc1c(C)cc(CC(=O)O)cc1C. The van der Waals surface area contributed by atoms with Gasteiger partial charge < -0.3 is 9.84 Å². The molecule has 1 aromatic rings. The van der Waals surface area contributed by atoms with Gasteiger partial charge in [-0.05, 0) is 30.5 Å². The molecular weight excluding hydrogens is 180 g/mol. The molecule has 0 aliphatic rings. The third-order valence-electron chi connectivity index (χ3n) is 2.08. The van der Waals surface area contributed by atoms with E-state index in [2.05, 4.69) is 0 Å². The third-order valence-corrected chi connectivity index (χ3v) is 2.08. The fourth-order valence-corrected chi connectivity index (χ4v) is 1.64. The Morgan fingerprint density at radius 2 is 1.86 bits per heavy atom. The molecule has 76 valence electrons. The first-order chi connectivity index (χ1) is 6.54. The number of carboxylic acid groups (broad SMARTS) is 1. The summed E-state index contributed by atoms with van der Waals surface area (Å²) in [5.41, 5.74) is 2.76. The first-order valence-electron chi connectivity index (χ1n) is 4.40. The number of benzene rings is 1. The Kier molecular flexibility index (Phi) is 3.12. The molecule has 1 N–H and O–H groups in total. The summed E-state index contributed by atoms with van der Waals surface area (Å²) in [6, 6.07) is 3.69. The summed E-state index contributed by atoms with van der Waals surface area (Å²) in [6.45, 7) is 3.83. The van der Waals surface area contributed by atoms with Crippen LogP contribution in [-0.2, 0) is 11.2 Å². The second kappa shape index (κ2) is 4.13. The maximum Gasteiger partial charge on any atom is 0.307 e. The van der Waals surface area contributed by atoms with Gasteiger partial charge >= 0.3 is 5.97 Å². The summed E-state index contributed by atoms with van der Waals surface area (Å²) in [6.07, 6.45) is 0.0612. The average Bonchev–Trinajstić information content (AvgIpc) is 2.01. The fraction of sp³-hybridized carbons (Fsp3) is 0.364. The highest BCUT2D eigenvalue weighted by molar-refractivity contribution is 5.70. The molecule has 0 radical (unpaired) electrons. The zero-order chi connectivity index (χ0) is 10.7. The maximum absolute atomic E-state index is 10.5.